The third-order valence-corrected chi connectivity index (χ3v) is 6.08. The maximum atomic E-state index is 12.1. The molecule has 128 valence electrons. The molecule has 0 radical (unpaired) electrons. The molecule has 0 aromatic carbocycles. The molecule has 0 fully saturated rings. The van der Waals surface area contributed by atoms with E-state index in [0.29, 0.717) is 19.5 Å². The molecule has 0 atom stereocenters. The number of hydrogen-bond donors (Lipinski definition) is 0. The minimum atomic E-state index is -3.31. The molecule has 2 aromatic heterocycles. The van der Waals surface area contributed by atoms with E-state index in [-0.39, 0.29) is 0 Å². The van der Waals surface area contributed by atoms with Gasteiger partial charge in [-0.15, -0.1) is 11.3 Å². The quantitative estimate of drug-likeness (QED) is 0.723. The molecule has 24 heavy (non-hydrogen) atoms. The van der Waals surface area contributed by atoms with E-state index in [2.05, 4.69) is 18.0 Å². The second-order valence-electron chi connectivity index (χ2n) is 5.62. The Balaban J connectivity index is 2.14. The monoisotopic (exact) mass is 363 g/mol. The highest BCUT2D eigenvalue weighted by atomic mass is 32.2. The molecule has 0 aliphatic heterocycles. The molecule has 0 bridgehead atoms. The first kappa shape index (κ1) is 18.6. The maximum absolute atomic E-state index is 12.1. The summed E-state index contributed by atoms with van der Waals surface area (Å²) < 4.78 is 25.6. The Morgan fingerprint density at radius 2 is 2.17 bits per heavy atom. The highest BCUT2D eigenvalue weighted by Gasteiger charge is 2.19. The van der Waals surface area contributed by atoms with Gasteiger partial charge in [0, 0.05) is 35.7 Å². The summed E-state index contributed by atoms with van der Waals surface area (Å²) in [6.07, 6.45) is 7.01. The zero-order valence-electron chi connectivity index (χ0n) is 13.9. The predicted octanol–water partition coefficient (Wildman–Crippen LogP) is 2.97. The van der Waals surface area contributed by atoms with Crippen LogP contribution in [0, 0.1) is 11.3 Å². The van der Waals surface area contributed by atoms with Crippen LogP contribution in [-0.2, 0) is 29.4 Å². The molecule has 0 spiro atoms. The molecule has 2 aromatic rings. The van der Waals surface area contributed by atoms with E-state index in [4.69, 9.17) is 0 Å². The maximum Gasteiger partial charge on any atom is 0.211 e. The average Bonchev–Trinajstić information content (AvgIpc) is 2.94. The summed E-state index contributed by atoms with van der Waals surface area (Å²) in [4.78, 5) is 5.14. The Morgan fingerprint density at radius 3 is 2.75 bits per heavy atom. The number of pyridine rings is 1. The van der Waals surface area contributed by atoms with E-state index in [0.717, 1.165) is 34.4 Å². The van der Waals surface area contributed by atoms with Crippen LogP contribution in [0.2, 0.25) is 0 Å². The molecule has 7 heteroatoms. The Hall–Kier alpha value is -1.75. The average molecular weight is 364 g/mol. The lowest BCUT2D eigenvalue weighted by molar-refractivity contribution is 0.413. The van der Waals surface area contributed by atoms with Crippen molar-refractivity contribution in [2.75, 3.05) is 12.8 Å². The van der Waals surface area contributed by atoms with Crippen LogP contribution in [0.1, 0.15) is 34.9 Å². The van der Waals surface area contributed by atoms with Crippen LogP contribution in [0.4, 0.5) is 0 Å². The highest BCUT2D eigenvalue weighted by Crippen LogP contribution is 2.25. The highest BCUT2D eigenvalue weighted by molar-refractivity contribution is 7.88. The smallest absolute Gasteiger partial charge is 0.211 e. The van der Waals surface area contributed by atoms with E-state index in [1.807, 2.05) is 11.4 Å². The van der Waals surface area contributed by atoms with Gasteiger partial charge in [-0.05, 0) is 30.0 Å². The number of nitriles is 1. The van der Waals surface area contributed by atoms with Crippen LogP contribution in [0.25, 0.3) is 0 Å². The Kier molecular flexibility index (Phi) is 6.49. The van der Waals surface area contributed by atoms with Crippen LogP contribution in [-0.4, -0.2) is 30.5 Å². The van der Waals surface area contributed by atoms with Gasteiger partial charge in [0.15, 0.2) is 0 Å². The van der Waals surface area contributed by atoms with Gasteiger partial charge in [0.2, 0.25) is 10.0 Å². The van der Waals surface area contributed by atoms with Crippen molar-refractivity contribution in [1.82, 2.24) is 9.29 Å². The van der Waals surface area contributed by atoms with Crippen LogP contribution < -0.4 is 0 Å². The van der Waals surface area contributed by atoms with Gasteiger partial charge in [-0.3, -0.25) is 4.98 Å². The van der Waals surface area contributed by atoms with Gasteiger partial charge < -0.3 is 0 Å². The van der Waals surface area contributed by atoms with Crippen LogP contribution in [0.3, 0.4) is 0 Å². The molecule has 5 nitrogen and oxygen atoms in total. The largest absolute Gasteiger partial charge is 0.264 e. The molecule has 0 unspecified atom stereocenters. The van der Waals surface area contributed by atoms with Gasteiger partial charge in [-0.2, -0.15) is 9.57 Å². The second-order valence-corrected chi connectivity index (χ2v) is 8.57. The molecule has 0 amide bonds. The summed E-state index contributed by atoms with van der Waals surface area (Å²) in [7, 11) is -3.31. The van der Waals surface area contributed by atoms with Crippen LogP contribution in [0.5, 0.6) is 0 Å². The summed E-state index contributed by atoms with van der Waals surface area (Å²) in [5.41, 5.74) is 2.65. The van der Waals surface area contributed by atoms with Crippen molar-refractivity contribution >= 4 is 21.4 Å². The lowest BCUT2D eigenvalue weighted by atomic mass is 10.1. The summed E-state index contributed by atoms with van der Waals surface area (Å²) >= 11 is 1.54. The second kappa shape index (κ2) is 8.38. The summed E-state index contributed by atoms with van der Waals surface area (Å²) in [5.74, 6) is 0. The molecule has 0 N–H and O–H groups in total. The standard InChI is InChI=1S/C17H21N3O2S2/c1-3-5-16-15(10-18)13-23-17(16)7-9-20(24(2,21)22)12-14-6-4-8-19-11-14/h4,6,8,11,13H,3,5,7,9,12H2,1-2H3. The van der Waals surface area contributed by atoms with Gasteiger partial charge >= 0.3 is 0 Å². The number of nitrogens with zero attached hydrogens (tertiary/aromatic N) is 3. The molecule has 0 aliphatic rings. The van der Waals surface area contributed by atoms with Gasteiger partial charge in [-0.25, -0.2) is 8.42 Å². The minimum Gasteiger partial charge on any atom is -0.264 e. The van der Waals surface area contributed by atoms with Gasteiger partial charge in [0.25, 0.3) is 0 Å². The number of thiophene rings is 1. The fourth-order valence-electron chi connectivity index (χ4n) is 2.53. The molecule has 0 saturated heterocycles. The first-order valence-electron chi connectivity index (χ1n) is 7.79. The molecule has 2 rings (SSSR count). The molecular weight excluding hydrogens is 342 g/mol. The van der Waals surface area contributed by atoms with Gasteiger partial charge in [0.05, 0.1) is 11.8 Å². The minimum absolute atomic E-state index is 0.312. The fraction of sp³-hybridized carbons (Fsp3) is 0.412. The van der Waals surface area contributed by atoms with Crippen molar-refractivity contribution in [3.8, 4) is 6.07 Å². The molecule has 0 saturated carbocycles. The van der Waals surface area contributed by atoms with E-state index in [1.54, 1.807) is 29.8 Å². The molecule has 2 heterocycles. The number of rotatable bonds is 8. The topological polar surface area (TPSA) is 74.1 Å². The summed E-state index contributed by atoms with van der Waals surface area (Å²) in [6, 6.07) is 5.90. The molecular formula is C17H21N3O2S2. The zero-order chi connectivity index (χ0) is 17.6. The number of aromatic nitrogens is 1. The lowest BCUT2D eigenvalue weighted by Gasteiger charge is -2.20. The van der Waals surface area contributed by atoms with E-state index in [9.17, 15) is 13.7 Å². The zero-order valence-corrected chi connectivity index (χ0v) is 15.5. The van der Waals surface area contributed by atoms with Gasteiger partial charge in [0.1, 0.15) is 6.07 Å². The molecule has 0 aliphatic carbocycles. The summed E-state index contributed by atoms with van der Waals surface area (Å²) in [6.45, 7) is 2.79. The van der Waals surface area contributed by atoms with Gasteiger partial charge in [-0.1, -0.05) is 19.4 Å². The predicted molar refractivity (Wildman–Crippen MR) is 96.2 cm³/mol. The van der Waals surface area contributed by atoms with Crippen molar-refractivity contribution in [2.45, 2.75) is 32.7 Å². The number of sulfonamides is 1. The van der Waals surface area contributed by atoms with Crippen molar-refractivity contribution in [2.24, 2.45) is 0 Å². The van der Waals surface area contributed by atoms with E-state index < -0.39 is 10.0 Å². The Labute approximate surface area is 147 Å². The third kappa shape index (κ3) is 4.87. The first-order chi connectivity index (χ1) is 11.5. The van der Waals surface area contributed by atoms with Crippen LogP contribution in [0.15, 0.2) is 29.9 Å². The van der Waals surface area contributed by atoms with E-state index >= 15 is 0 Å². The Morgan fingerprint density at radius 1 is 1.38 bits per heavy atom. The normalized spacial score (nSPS) is 11.6. The third-order valence-electron chi connectivity index (χ3n) is 3.74. The number of hydrogen-bond acceptors (Lipinski definition) is 5. The Bertz CT molecular complexity index is 808. The van der Waals surface area contributed by atoms with Crippen molar-refractivity contribution in [1.29, 1.82) is 5.26 Å². The fourth-order valence-corrected chi connectivity index (χ4v) is 4.36. The van der Waals surface area contributed by atoms with Crippen molar-refractivity contribution < 1.29 is 8.42 Å². The SMILES string of the molecule is CCCc1c(C#N)csc1CCN(Cc1cccnc1)S(C)(=O)=O. The van der Waals surface area contributed by atoms with Crippen molar-refractivity contribution in [3.05, 3.63) is 51.5 Å². The first-order valence-corrected chi connectivity index (χ1v) is 10.5. The van der Waals surface area contributed by atoms with E-state index in [1.165, 1.54) is 10.6 Å². The van der Waals surface area contributed by atoms with Crippen LogP contribution >= 0.6 is 11.3 Å². The summed E-state index contributed by atoms with van der Waals surface area (Å²) in [5, 5.41) is 11.1. The van der Waals surface area contributed by atoms with Crippen molar-refractivity contribution in [3.63, 3.8) is 0 Å². The lowest BCUT2D eigenvalue weighted by Crippen LogP contribution is -2.31.